The highest BCUT2D eigenvalue weighted by atomic mass is 19.1. The molecule has 0 unspecified atom stereocenters. The molecular weight excluding hydrogens is 347 g/mol. The molecule has 0 aliphatic rings. The Balaban J connectivity index is 2.18. The van der Waals surface area contributed by atoms with Gasteiger partial charge in [0.25, 0.3) is 5.91 Å². The van der Waals surface area contributed by atoms with Gasteiger partial charge in [0.1, 0.15) is 17.8 Å². The molecule has 1 aromatic carbocycles. The Hall–Kier alpha value is -2.90. The van der Waals surface area contributed by atoms with Crippen LogP contribution < -0.4 is 21.5 Å². The van der Waals surface area contributed by atoms with Gasteiger partial charge >= 0.3 is 0 Å². The molecule has 0 aliphatic carbocycles. The number of amides is 1. The van der Waals surface area contributed by atoms with E-state index < -0.39 is 11.7 Å². The molecule has 4 N–H and O–H groups in total. The van der Waals surface area contributed by atoms with Gasteiger partial charge in [-0.1, -0.05) is 39.8 Å². The molecule has 1 heterocycles. The minimum atomic E-state index is -0.617. The summed E-state index contributed by atoms with van der Waals surface area (Å²) in [7, 11) is 0. The maximum atomic E-state index is 13.7. The smallest absolute Gasteiger partial charge is 0.272 e. The van der Waals surface area contributed by atoms with Crippen molar-refractivity contribution in [2.45, 2.75) is 27.7 Å². The molecule has 0 saturated heterocycles. The zero-order chi connectivity index (χ0) is 20.0. The van der Waals surface area contributed by atoms with Crippen molar-refractivity contribution in [3.63, 3.8) is 0 Å². The van der Waals surface area contributed by atoms with Crippen molar-refractivity contribution in [1.82, 2.24) is 15.4 Å². The summed E-state index contributed by atoms with van der Waals surface area (Å²) in [5.41, 5.74) is 11.6. The van der Waals surface area contributed by atoms with Crippen LogP contribution in [0.15, 0.2) is 30.6 Å². The van der Waals surface area contributed by atoms with Crippen LogP contribution in [0.25, 0.3) is 0 Å². The van der Waals surface area contributed by atoms with Gasteiger partial charge in [0.15, 0.2) is 11.6 Å². The van der Waals surface area contributed by atoms with Crippen LogP contribution in [0.2, 0.25) is 0 Å². The van der Waals surface area contributed by atoms with Crippen molar-refractivity contribution in [1.29, 1.82) is 0 Å². The lowest BCUT2D eigenvalue weighted by atomic mass is 10.1. The predicted octanol–water partition coefficient (Wildman–Crippen LogP) is 3.07. The highest BCUT2D eigenvalue weighted by Gasteiger charge is 2.18. The fourth-order valence-corrected chi connectivity index (χ4v) is 2.70. The first-order valence-electron chi connectivity index (χ1n) is 8.95. The molecule has 1 amide bonds. The number of nitrogens with two attached hydrogens (primary N) is 1. The molecule has 7 nitrogen and oxygen atoms in total. The van der Waals surface area contributed by atoms with E-state index in [1.807, 2.05) is 0 Å². The maximum Gasteiger partial charge on any atom is 0.272 e. The number of hydrazine groups is 1. The first-order valence-corrected chi connectivity index (χ1v) is 8.95. The molecule has 27 heavy (non-hydrogen) atoms. The van der Waals surface area contributed by atoms with E-state index in [0.29, 0.717) is 23.3 Å². The van der Waals surface area contributed by atoms with E-state index in [2.05, 4.69) is 53.4 Å². The number of nitrogens with one attached hydrogen (secondary N) is 2. The van der Waals surface area contributed by atoms with E-state index in [0.717, 1.165) is 13.1 Å². The molecule has 146 valence electrons. The summed E-state index contributed by atoms with van der Waals surface area (Å²) in [4.78, 5) is 22.7. The average molecular weight is 374 g/mol. The van der Waals surface area contributed by atoms with Crippen molar-refractivity contribution in [2.75, 3.05) is 29.1 Å². The van der Waals surface area contributed by atoms with Crippen LogP contribution in [-0.2, 0) is 0 Å². The molecule has 2 aromatic rings. The number of aromatic nitrogens is 2. The Morgan fingerprint density at radius 2 is 1.78 bits per heavy atom. The monoisotopic (exact) mass is 374 g/mol. The van der Waals surface area contributed by atoms with Crippen molar-refractivity contribution in [3.8, 4) is 0 Å². The lowest BCUT2D eigenvalue weighted by Gasteiger charge is -2.28. The Labute approximate surface area is 159 Å². The SMILES string of the molecule is CC(C)CN(CC(C)C)c1ncnc(NNC(=O)c2ccccc2F)c1N. The van der Waals surface area contributed by atoms with Crippen LogP contribution in [0.4, 0.5) is 21.7 Å². The Kier molecular flexibility index (Phi) is 6.92. The number of rotatable bonds is 8. The summed E-state index contributed by atoms with van der Waals surface area (Å²) in [6.45, 7) is 10.1. The standard InChI is InChI=1S/C19H27FN6O/c1-12(2)9-26(10-13(3)4)18-16(21)17(22-11-23-18)24-25-19(27)14-7-5-6-8-15(14)20/h5-8,11-13H,9-10,21H2,1-4H3,(H,25,27)(H,22,23,24). The third kappa shape index (κ3) is 5.54. The maximum absolute atomic E-state index is 13.7. The van der Waals surface area contributed by atoms with Crippen molar-refractivity contribution in [3.05, 3.63) is 42.0 Å². The number of hydrogen-bond acceptors (Lipinski definition) is 6. The molecule has 0 spiro atoms. The number of nitrogens with zero attached hydrogens (tertiary/aromatic N) is 3. The van der Waals surface area contributed by atoms with E-state index in [1.165, 1.54) is 24.5 Å². The molecular formula is C19H27FN6O. The van der Waals surface area contributed by atoms with E-state index >= 15 is 0 Å². The quantitative estimate of drug-likeness (QED) is 0.615. The summed E-state index contributed by atoms with van der Waals surface area (Å²) < 4.78 is 13.7. The highest BCUT2D eigenvalue weighted by molar-refractivity contribution is 5.95. The second kappa shape index (κ2) is 9.16. The van der Waals surface area contributed by atoms with Crippen LogP contribution in [0.1, 0.15) is 38.1 Å². The van der Waals surface area contributed by atoms with E-state index in [-0.39, 0.29) is 11.4 Å². The van der Waals surface area contributed by atoms with Crippen LogP contribution in [0.5, 0.6) is 0 Å². The van der Waals surface area contributed by atoms with Gasteiger partial charge in [-0.05, 0) is 24.0 Å². The van der Waals surface area contributed by atoms with Gasteiger partial charge < -0.3 is 10.6 Å². The third-order valence-corrected chi connectivity index (χ3v) is 3.75. The van der Waals surface area contributed by atoms with Gasteiger partial charge in [-0.15, -0.1) is 0 Å². The first-order chi connectivity index (χ1) is 12.8. The molecule has 0 radical (unpaired) electrons. The molecule has 0 saturated carbocycles. The fourth-order valence-electron chi connectivity index (χ4n) is 2.70. The topological polar surface area (TPSA) is 96.2 Å². The zero-order valence-electron chi connectivity index (χ0n) is 16.2. The average Bonchev–Trinajstić information content (AvgIpc) is 2.59. The molecule has 0 atom stereocenters. The summed E-state index contributed by atoms with van der Waals surface area (Å²) in [5.74, 6) is 0.505. The number of anilines is 3. The first kappa shape index (κ1) is 20.4. The van der Waals surface area contributed by atoms with E-state index in [4.69, 9.17) is 5.73 Å². The summed E-state index contributed by atoms with van der Waals surface area (Å²) in [5, 5.41) is 0. The van der Waals surface area contributed by atoms with E-state index in [9.17, 15) is 9.18 Å². The van der Waals surface area contributed by atoms with Crippen LogP contribution in [0, 0.1) is 17.7 Å². The summed E-state index contributed by atoms with van der Waals surface area (Å²) >= 11 is 0. The zero-order valence-corrected chi connectivity index (χ0v) is 16.2. The Morgan fingerprint density at radius 1 is 1.15 bits per heavy atom. The molecule has 0 fully saturated rings. The molecule has 0 aliphatic heterocycles. The van der Waals surface area contributed by atoms with Crippen molar-refractivity contribution in [2.24, 2.45) is 11.8 Å². The van der Waals surface area contributed by atoms with Gasteiger partial charge in [0, 0.05) is 13.1 Å². The van der Waals surface area contributed by atoms with Crippen LogP contribution >= 0.6 is 0 Å². The summed E-state index contributed by atoms with van der Waals surface area (Å²) in [6.07, 6.45) is 1.39. The second-order valence-electron chi connectivity index (χ2n) is 7.21. The lowest BCUT2D eigenvalue weighted by molar-refractivity contribution is 0.0958. The van der Waals surface area contributed by atoms with Gasteiger partial charge in [-0.25, -0.2) is 14.4 Å². The highest BCUT2D eigenvalue weighted by Crippen LogP contribution is 2.27. The molecule has 2 rings (SSSR count). The largest absolute Gasteiger partial charge is 0.393 e. The second-order valence-corrected chi connectivity index (χ2v) is 7.21. The van der Waals surface area contributed by atoms with Gasteiger partial charge in [0.05, 0.1) is 5.56 Å². The minimum absolute atomic E-state index is 0.0703. The predicted molar refractivity (Wildman–Crippen MR) is 106 cm³/mol. The third-order valence-electron chi connectivity index (χ3n) is 3.75. The molecule has 8 heteroatoms. The Morgan fingerprint density at radius 3 is 2.37 bits per heavy atom. The summed E-state index contributed by atoms with van der Waals surface area (Å²) in [6, 6.07) is 5.73. The number of nitrogen functional groups attached to an aromatic ring is 1. The van der Waals surface area contributed by atoms with Crippen LogP contribution in [0.3, 0.4) is 0 Å². The number of carbonyl (C=O) groups is 1. The number of carbonyl (C=O) groups excluding carboxylic acids is 1. The Bertz CT molecular complexity index is 771. The van der Waals surface area contributed by atoms with Gasteiger partial charge in [-0.2, -0.15) is 0 Å². The van der Waals surface area contributed by atoms with E-state index in [1.54, 1.807) is 6.07 Å². The fraction of sp³-hybridized carbons (Fsp3) is 0.421. The molecule has 0 bridgehead atoms. The van der Waals surface area contributed by atoms with Crippen molar-refractivity contribution < 1.29 is 9.18 Å². The normalized spacial score (nSPS) is 10.9. The number of hydrogen-bond donors (Lipinski definition) is 3. The van der Waals surface area contributed by atoms with Gasteiger partial charge in [-0.3, -0.25) is 15.6 Å². The minimum Gasteiger partial charge on any atom is -0.393 e. The van der Waals surface area contributed by atoms with Crippen molar-refractivity contribution >= 4 is 23.2 Å². The van der Waals surface area contributed by atoms with Crippen LogP contribution in [-0.4, -0.2) is 29.0 Å². The van der Waals surface area contributed by atoms with Gasteiger partial charge in [0.2, 0.25) is 0 Å². The lowest BCUT2D eigenvalue weighted by Crippen LogP contribution is -2.34. The number of benzene rings is 1. The number of halogens is 1. The molecule has 1 aromatic heterocycles.